The molecule has 21 heavy (non-hydrogen) atoms. The summed E-state index contributed by atoms with van der Waals surface area (Å²) in [4.78, 5) is 20.4. The van der Waals surface area contributed by atoms with Crippen molar-refractivity contribution < 1.29 is 9.85 Å². The van der Waals surface area contributed by atoms with Crippen LogP contribution in [-0.2, 0) is 0 Å². The average Bonchev–Trinajstić information content (AvgIpc) is 2.46. The van der Waals surface area contributed by atoms with Gasteiger partial charge in [-0.25, -0.2) is 0 Å². The first-order valence-corrected chi connectivity index (χ1v) is 6.64. The zero-order valence-electron chi connectivity index (χ0n) is 10.6. The zero-order chi connectivity index (χ0) is 15.4. The van der Waals surface area contributed by atoms with Crippen molar-refractivity contribution in [3.8, 4) is 0 Å². The van der Waals surface area contributed by atoms with Crippen LogP contribution in [0.2, 0.25) is 0 Å². The number of nitro benzene ring substituents is 2. The summed E-state index contributed by atoms with van der Waals surface area (Å²) in [5, 5.41) is 21.7. The first kappa shape index (κ1) is 14.9. The minimum Gasteiger partial charge on any atom is -0.258 e. The maximum absolute atomic E-state index is 11.0. The standard InChI is InChI=1S/C14H9BrN2O4/c15-13-4-2-1-3-10(13)5-6-11-7-8-12(16(18)19)9-14(11)17(20)21/h1-9H. The normalized spacial score (nSPS) is 10.7. The molecule has 106 valence electrons. The Morgan fingerprint density at radius 3 is 2.19 bits per heavy atom. The van der Waals surface area contributed by atoms with Gasteiger partial charge in [-0.1, -0.05) is 40.2 Å². The highest BCUT2D eigenvalue weighted by Crippen LogP contribution is 2.27. The van der Waals surface area contributed by atoms with Gasteiger partial charge in [0.1, 0.15) is 0 Å². The van der Waals surface area contributed by atoms with E-state index in [4.69, 9.17) is 0 Å². The van der Waals surface area contributed by atoms with Crippen LogP contribution in [0.15, 0.2) is 46.9 Å². The first-order valence-electron chi connectivity index (χ1n) is 5.84. The Morgan fingerprint density at radius 2 is 1.57 bits per heavy atom. The number of hydrogen-bond acceptors (Lipinski definition) is 4. The van der Waals surface area contributed by atoms with Crippen LogP contribution in [0.25, 0.3) is 12.2 Å². The summed E-state index contributed by atoms with van der Waals surface area (Å²) in [6, 6.07) is 11.0. The minimum atomic E-state index is -0.658. The number of nitro groups is 2. The van der Waals surface area contributed by atoms with Gasteiger partial charge in [-0.15, -0.1) is 0 Å². The highest BCUT2D eigenvalue weighted by atomic mass is 79.9. The van der Waals surface area contributed by atoms with Crippen LogP contribution < -0.4 is 0 Å². The summed E-state index contributed by atoms with van der Waals surface area (Å²) >= 11 is 3.37. The third kappa shape index (κ3) is 3.51. The number of hydrogen-bond donors (Lipinski definition) is 0. The molecule has 2 aromatic rings. The van der Waals surface area contributed by atoms with Gasteiger partial charge in [-0.05, 0) is 23.8 Å². The van der Waals surface area contributed by atoms with Crippen LogP contribution in [0.5, 0.6) is 0 Å². The molecule has 0 atom stereocenters. The van der Waals surface area contributed by atoms with Crippen molar-refractivity contribution in [1.82, 2.24) is 0 Å². The molecular weight excluding hydrogens is 340 g/mol. The van der Waals surface area contributed by atoms with E-state index in [0.29, 0.717) is 5.56 Å². The second-order valence-electron chi connectivity index (χ2n) is 4.11. The Morgan fingerprint density at radius 1 is 0.905 bits per heavy atom. The number of non-ortho nitro benzene ring substituents is 1. The molecule has 0 bridgehead atoms. The van der Waals surface area contributed by atoms with Crippen LogP contribution >= 0.6 is 15.9 Å². The number of benzene rings is 2. The molecule has 0 N–H and O–H groups in total. The molecule has 0 aliphatic heterocycles. The maximum Gasteiger partial charge on any atom is 0.283 e. The van der Waals surface area contributed by atoms with Gasteiger partial charge < -0.3 is 0 Å². The van der Waals surface area contributed by atoms with Crippen molar-refractivity contribution in [2.75, 3.05) is 0 Å². The molecule has 2 aromatic carbocycles. The summed E-state index contributed by atoms with van der Waals surface area (Å²) in [5.41, 5.74) is 0.554. The van der Waals surface area contributed by atoms with E-state index in [9.17, 15) is 20.2 Å². The molecule has 0 aromatic heterocycles. The molecule has 0 saturated heterocycles. The molecular formula is C14H9BrN2O4. The fourth-order valence-electron chi connectivity index (χ4n) is 1.73. The van der Waals surface area contributed by atoms with Crippen LogP contribution in [0.3, 0.4) is 0 Å². The Hall–Kier alpha value is -2.54. The van der Waals surface area contributed by atoms with Gasteiger partial charge in [0.05, 0.1) is 21.5 Å². The second-order valence-corrected chi connectivity index (χ2v) is 4.97. The van der Waals surface area contributed by atoms with Crippen LogP contribution in [0, 0.1) is 20.2 Å². The minimum absolute atomic E-state index is 0.299. The molecule has 0 fully saturated rings. The molecule has 6 nitrogen and oxygen atoms in total. The van der Waals surface area contributed by atoms with E-state index in [2.05, 4.69) is 15.9 Å². The molecule has 0 spiro atoms. The average molecular weight is 349 g/mol. The molecule has 0 saturated carbocycles. The predicted molar refractivity (Wildman–Crippen MR) is 82.8 cm³/mol. The second kappa shape index (κ2) is 6.27. The Balaban J connectivity index is 2.42. The van der Waals surface area contributed by atoms with E-state index in [1.807, 2.05) is 24.3 Å². The third-order valence-electron chi connectivity index (χ3n) is 2.77. The van der Waals surface area contributed by atoms with Crippen molar-refractivity contribution in [3.05, 3.63) is 78.3 Å². The van der Waals surface area contributed by atoms with Crippen LogP contribution in [0.4, 0.5) is 11.4 Å². The number of nitrogens with zero attached hydrogens (tertiary/aromatic N) is 2. The fourth-order valence-corrected chi connectivity index (χ4v) is 2.15. The lowest BCUT2D eigenvalue weighted by molar-refractivity contribution is -0.394. The van der Waals surface area contributed by atoms with E-state index >= 15 is 0 Å². The quantitative estimate of drug-likeness (QED) is 0.464. The summed E-state index contributed by atoms with van der Waals surface area (Å²) in [7, 11) is 0. The fraction of sp³-hybridized carbons (Fsp3) is 0. The van der Waals surface area contributed by atoms with Crippen molar-refractivity contribution in [2.24, 2.45) is 0 Å². The Bertz CT molecular complexity index is 744. The van der Waals surface area contributed by atoms with Gasteiger partial charge in [0.25, 0.3) is 11.4 Å². The van der Waals surface area contributed by atoms with E-state index in [-0.39, 0.29) is 11.4 Å². The number of halogens is 1. The van der Waals surface area contributed by atoms with Crippen molar-refractivity contribution in [2.45, 2.75) is 0 Å². The first-order chi connectivity index (χ1) is 9.99. The topological polar surface area (TPSA) is 86.3 Å². The highest BCUT2D eigenvalue weighted by molar-refractivity contribution is 9.10. The molecule has 2 rings (SSSR count). The van der Waals surface area contributed by atoms with E-state index in [1.165, 1.54) is 12.1 Å². The van der Waals surface area contributed by atoms with Crippen molar-refractivity contribution in [1.29, 1.82) is 0 Å². The van der Waals surface area contributed by atoms with Crippen molar-refractivity contribution >= 4 is 39.5 Å². The summed E-state index contributed by atoms with van der Waals surface area (Å²) in [5.74, 6) is 0. The van der Waals surface area contributed by atoms with Crippen molar-refractivity contribution in [3.63, 3.8) is 0 Å². The van der Waals surface area contributed by atoms with Gasteiger partial charge in [0, 0.05) is 10.5 Å². The lowest BCUT2D eigenvalue weighted by atomic mass is 10.1. The smallest absolute Gasteiger partial charge is 0.258 e. The van der Waals surface area contributed by atoms with Gasteiger partial charge in [-0.2, -0.15) is 0 Å². The maximum atomic E-state index is 11.0. The lowest BCUT2D eigenvalue weighted by Crippen LogP contribution is -1.94. The van der Waals surface area contributed by atoms with E-state index in [1.54, 1.807) is 12.2 Å². The lowest BCUT2D eigenvalue weighted by Gasteiger charge is -1.99. The van der Waals surface area contributed by atoms with Gasteiger partial charge in [0.15, 0.2) is 0 Å². The Kier molecular flexibility index (Phi) is 4.44. The summed E-state index contributed by atoms with van der Waals surface area (Å²) < 4.78 is 0.853. The van der Waals surface area contributed by atoms with Crippen LogP contribution in [-0.4, -0.2) is 9.85 Å². The molecule has 0 radical (unpaired) electrons. The molecule has 0 aliphatic carbocycles. The highest BCUT2D eigenvalue weighted by Gasteiger charge is 2.17. The largest absolute Gasteiger partial charge is 0.283 e. The van der Waals surface area contributed by atoms with E-state index < -0.39 is 9.85 Å². The predicted octanol–water partition coefficient (Wildman–Crippen LogP) is 4.44. The summed E-state index contributed by atoms with van der Waals surface area (Å²) in [6.45, 7) is 0. The molecule has 0 heterocycles. The van der Waals surface area contributed by atoms with E-state index in [0.717, 1.165) is 16.1 Å². The molecule has 0 unspecified atom stereocenters. The van der Waals surface area contributed by atoms with Gasteiger partial charge >= 0.3 is 0 Å². The number of rotatable bonds is 4. The third-order valence-corrected chi connectivity index (χ3v) is 3.49. The molecule has 0 amide bonds. The SMILES string of the molecule is O=[N+]([O-])c1ccc(C=Cc2ccccc2Br)c([N+](=O)[O-])c1. The molecule has 7 heteroatoms. The van der Waals surface area contributed by atoms with Gasteiger partial charge in [-0.3, -0.25) is 20.2 Å². The Labute approximate surface area is 128 Å². The summed E-state index contributed by atoms with van der Waals surface area (Å²) in [6.07, 6.45) is 3.26. The monoisotopic (exact) mass is 348 g/mol. The van der Waals surface area contributed by atoms with Gasteiger partial charge in [0.2, 0.25) is 0 Å². The molecule has 0 aliphatic rings. The van der Waals surface area contributed by atoms with Crippen LogP contribution in [0.1, 0.15) is 11.1 Å². The zero-order valence-corrected chi connectivity index (χ0v) is 12.2.